The van der Waals surface area contributed by atoms with Gasteiger partial charge in [0.15, 0.2) is 0 Å². The molecule has 2 aliphatic heterocycles. The number of hydrogen-bond donors (Lipinski definition) is 0. The summed E-state index contributed by atoms with van der Waals surface area (Å²) in [5.74, 6) is 2.04. The fraction of sp³-hybridized carbons (Fsp3) is 0.296. The SMILES string of the molecule is C=C(c1ccccc1)c1ccc(C(=O)N2CCc3cc(CN4CCCC4)oc3C2)cc1. The summed E-state index contributed by atoms with van der Waals surface area (Å²) < 4.78 is 6.14. The zero-order valence-corrected chi connectivity index (χ0v) is 17.8. The maximum absolute atomic E-state index is 13.1. The smallest absolute Gasteiger partial charge is 0.254 e. The molecule has 4 nitrogen and oxygen atoms in total. The van der Waals surface area contributed by atoms with Gasteiger partial charge in [0.25, 0.3) is 5.91 Å². The van der Waals surface area contributed by atoms with Gasteiger partial charge in [-0.3, -0.25) is 9.69 Å². The van der Waals surface area contributed by atoms with E-state index in [9.17, 15) is 4.79 Å². The molecule has 31 heavy (non-hydrogen) atoms. The largest absolute Gasteiger partial charge is 0.463 e. The molecule has 0 bridgehead atoms. The number of nitrogens with zero attached hydrogens (tertiary/aromatic N) is 2. The van der Waals surface area contributed by atoms with E-state index in [1.54, 1.807) is 0 Å². The summed E-state index contributed by atoms with van der Waals surface area (Å²) in [4.78, 5) is 17.4. The molecular formula is C27H28N2O2. The average molecular weight is 413 g/mol. The monoisotopic (exact) mass is 412 g/mol. The minimum Gasteiger partial charge on any atom is -0.463 e. The molecule has 1 fully saturated rings. The Morgan fingerprint density at radius 1 is 0.903 bits per heavy atom. The molecule has 2 aromatic carbocycles. The lowest BCUT2D eigenvalue weighted by Gasteiger charge is -2.26. The lowest BCUT2D eigenvalue weighted by molar-refractivity contribution is 0.0718. The molecule has 5 rings (SSSR count). The molecule has 0 spiro atoms. The molecule has 1 saturated heterocycles. The summed E-state index contributed by atoms with van der Waals surface area (Å²) in [6, 6.07) is 20.1. The zero-order valence-electron chi connectivity index (χ0n) is 17.8. The van der Waals surface area contributed by atoms with Crippen molar-refractivity contribution in [2.45, 2.75) is 32.4 Å². The molecule has 158 valence electrons. The number of likely N-dealkylation sites (tertiary alicyclic amines) is 1. The molecule has 0 unspecified atom stereocenters. The van der Waals surface area contributed by atoms with Crippen LogP contribution in [0.25, 0.3) is 5.57 Å². The van der Waals surface area contributed by atoms with Gasteiger partial charge in [-0.1, -0.05) is 49.0 Å². The summed E-state index contributed by atoms with van der Waals surface area (Å²) in [6.45, 7) is 8.68. The topological polar surface area (TPSA) is 36.7 Å². The molecule has 0 aliphatic carbocycles. The van der Waals surface area contributed by atoms with Crippen molar-refractivity contribution in [3.05, 3.63) is 101 Å². The number of carbonyl (C=O) groups excluding carboxylic acids is 1. The number of amides is 1. The number of rotatable bonds is 5. The Kier molecular flexibility index (Phi) is 5.47. The fourth-order valence-corrected chi connectivity index (χ4v) is 4.60. The number of carbonyl (C=O) groups is 1. The van der Waals surface area contributed by atoms with Crippen molar-refractivity contribution < 1.29 is 9.21 Å². The molecule has 1 amide bonds. The summed E-state index contributed by atoms with van der Waals surface area (Å²) in [5.41, 5.74) is 5.04. The van der Waals surface area contributed by atoms with E-state index in [4.69, 9.17) is 4.42 Å². The minimum absolute atomic E-state index is 0.0556. The zero-order chi connectivity index (χ0) is 21.2. The van der Waals surface area contributed by atoms with Crippen molar-refractivity contribution >= 4 is 11.5 Å². The van der Waals surface area contributed by atoms with Gasteiger partial charge in [0, 0.05) is 12.1 Å². The first kappa shape index (κ1) is 19.8. The molecule has 0 N–H and O–H groups in total. The standard InChI is InChI=1S/C27H28N2O2/c1-20(21-7-3-2-4-8-21)22-9-11-23(12-10-22)27(30)29-16-13-24-17-25(31-26(24)19-29)18-28-14-5-6-15-28/h2-4,7-12,17H,1,5-6,13-16,18-19H2. The van der Waals surface area contributed by atoms with Crippen molar-refractivity contribution in [1.29, 1.82) is 0 Å². The van der Waals surface area contributed by atoms with Gasteiger partial charge in [-0.05, 0) is 72.8 Å². The van der Waals surface area contributed by atoms with Crippen molar-refractivity contribution in [2.24, 2.45) is 0 Å². The first-order valence-electron chi connectivity index (χ1n) is 11.1. The van der Waals surface area contributed by atoms with Gasteiger partial charge >= 0.3 is 0 Å². The lowest BCUT2D eigenvalue weighted by Crippen LogP contribution is -2.35. The van der Waals surface area contributed by atoms with E-state index in [-0.39, 0.29) is 5.91 Å². The van der Waals surface area contributed by atoms with Crippen LogP contribution in [0.2, 0.25) is 0 Å². The Labute approximate surface area is 183 Å². The van der Waals surface area contributed by atoms with Crippen LogP contribution in [0.15, 0.2) is 71.7 Å². The lowest BCUT2D eigenvalue weighted by atomic mass is 9.98. The number of fused-ring (bicyclic) bond motifs is 1. The normalized spacial score (nSPS) is 16.3. The van der Waals surface area contributed by atoms with Crippen molar-refractivity contribution in [3.63, 3.8) is 0 Å². The van der Waals surface area contributed by atoms with Gasteiger partial charge in [-0.2, -0.15) is 0 Å². The van der Waals surface area contributed by atoms with E-state index in [2.05, 4.69) is 17.5 Å². The van der Waals surface area contributed by atoms with Crippen LogP contribution in [0.5, 0.6) is 0 Å². The molecule has 2 aliphatic rings. The van der Waals surface area contributed by atoms with E-state index < -0.39 is 0 Å². The Morgan fingerprint density at radius 3 is 2.32 bits per heavy atom. The Morgan fingerprint density at radius 2 is 1.58 bits per heavy atom. The van der Waals surface area contributed by atoms with Crippen molar-refractivity contribution in [1.82, 2.24) is 9.80 Å². The second-order valence-corrected chi connectivity index (χ2v) is 8.54. The summed E-state index contributed by atoms with van der Waals surface area (Å²) in [6.07, 6.45) is 3.41. The van der Waals surface area contributed by atoms with Crippen LogP contribution in [-0.4, -0.2) is 35.3 Å². The molecule has 0 atom stereocenters. The highest BCUT2D eigenvalue weighted by atomic mass is 16.3. The molecule has 0 saturated carbocycles. The van der Waals surface area contributed by atoms with Gasteiger partial charge < -0.3 is 9.32 Å². The predicted octanol–water partition coefficient (Wildman–Crippen LogP) is 5.14. The summed E-state index contributed by atoms with van der Waals surface area (Å²) in [5, 5.41) is 0. The maximum atomic E-state index is 13.1. The van der Waals surface area contributed by atoms with Crippen LogP contribution in [0.1, 0.15) is 51.4 Å². The van der Waals surface area contributed by atoms with Gasteiger partial charge in [0.05, 0.1) is 13.1 Å². The molecule has 0 radical (unpaired) electrons. The van der Waals surface area contributed by atoms with Crippen LogP contribution >= 0.6 is 0 Å². The molecular weight excluding hydrogens is 384 g/mol. The van der Waals surface area contributed by atoms with Gasteiger partial charge in [0.1, 0.15) is 11.5 Å². The molecule has 3 aromatic rings. The van der Waals surface area contributed by atoms with Crippen LogP contribution < -0.4 is 0 Å². The third-order valence-corrected chi connectivity index (χ3v) is 6.40. The summed E-state index contributed by atoms with van der Waals surface area (Å²) >= 11 is 0. The number of benzene rings is 2. The highest BCUT2D eigenvalue weighted by Gasteiger charge is 2.26. The average Bonchev–Trinajstić information content (AvgIpc) is 3.48. The second kappa shape index (κ2) is 8.56. The predicted molar refractivity (Wildman–Crippen MR) is 123 cm³/mol. The molecule has 3 heterocycles. The van der Waals surface area contributed by atoms with Crippen LogP contribution in [0, 0.1) is 0 Å². The van der Waals surface area contributed by atoms with E-state index in [0.29, 0.717) is 12.1 Å². The Hall–Kier alpha value is -3.11. The van der Waals surface area contributed by atoms with Gasteiger partial charge in [-0.15, -0.1) is 0 Å². The minimum atomic E-state index is 0.0556. The Balaban J connectivity index is 1.26. The van der Waals surface area contributed by atoms with Crippen molar-refractivity contribution in [2.75, 3.05) is 19.6 Å². The number of hydrogen-bond acceptors (Lipinski definition) is 3. The van der Waals surface area contributed by atoms with Gasteiger partial charge in [0.2, 0.25) is 0 Å². The van der Waals surface area contributed by atoms with Crippen molar-refractivity contribution in [3.8, 4) is 0 Å². The molecule has 1 aromatic heterocycles. The highest BCUT2D eigenvalue weighted by molar-refractivity contribution is 5.95. The first-order chi connectivity index (χ1) is 15.2. The second-order valence-electron chi connectivity index (χ2n) is 8.54. The third kappa shape index (κ3) is 4.21. The quantitative estimate of drug-likeness (QED) is 0.583. The van der Waals surface area contributed by atoms with E-state index in [1.807, 2.05) is 59.5 Å². The van der Waals surface area contributed by atoms with E-state index >= 15 is 0 Å². The maximum Gasteiger partial charge on any atom is 0.254 e. The highest BCUT2D eigenvalue weighted by Crippen LogP contribution is 2.27. The number of furan rings is 1. The van der Waals surface area contributed by atoms with Crippen LogP contribution in [-0.2, 0) is 19.5 Å². The van der Waals surface area contributed by atoms with Crippen LogP contribution in [0.3, 0.4) is 0 Å². The molecule has 4 heteroatoms. The summed E-state index contributed by atoms with van der Waals surface area (Å²) in [7, 11) is 0. The third-order valence-electron chi connectivity index (χ3n) is 6.40. The first-order valence-corrected chi connectivity index (χ1v) is 11.1. The van der Waals surface area contributed by atoms with Gasteiger partial charge in [-0.25, -0.2) is 0 Å². The fourth-order valence-electron chi connectivity index (χ4n) is 4.60. The van der Waals surface area contributed by atoms with E-state index in [0.717, 1.165) is 60.8 Å². The van der Waals surface area contributed by atoms with Crippen LogP contribution in [0.4, 0.5) is 0 Å². The van der Waals surface area contributed by atoms with E-state index in [1.165, 1.54) is 18.4 Å². The Bertz CT molecular complexity index is 1080.